The summed E-state index contributed by atoms with van der Waals surface area (Å²) in [6, 6.07) is 81.9. The summed E-state index contributed by atoms with van der Waals surface area (Å²) >= 11 is 0. The summed E-state index contributed by atoms with van der Waals surface area (Å²) in [6.07, 6.45) is 0. The molecule has 1 heterocycles. The Morgan fingerprint density at radius 1 is 0.258 bits per heavy atom. The van der Waals surface area contributed by atoms with Crippen molar-refractivity contribution in [2.24, 2.45) is 0 Å². The molecule has 2 nitrogen and oxygen atoms in total. The second-order valence-corrected chi connectivity index (χ2v) is 16.4. The number of hydrogen-bond acceptors (Lipinski definition) is 2. The van der Waals surface area contributed by atoms with Crippen molar-refractivity contribution in [1.29, 1.82) is 0 Å². The molecule has 0 bridgehead atoms. The topological polar surface area (TPSA) is 16.4 Å². The van der Waals surface area contributed by atoms with Gasteiger partial charge >= 0.3 is 0 Å². The molecule has 0 saturated heterocycles. The Morgan fingerprint density at radius 2 is 0.742 bits per heavy atom. The van der Waals surface area contributed by atoms with E-state index in [-0.39, 0.29) is 0 Å². The normalized spacial score (nSPS) is 11.9. The van der Waals surface area contributed by atoms with E-state index < -0.39 is 0 Å². The fourth-order valence-electron chi connectivity index (χ4n) is 10.1. The van der Waals surface area contributed by atoms with Gasteiger partial charge in [-0.2, -0.15) is 0 Å². The van der Waals surface area contributed by atoms with Gasteiger partial charge in [-0.3, -0.25) is 0 Å². The second-order valence-electron chi connectivity index (χ2n) is 16.4. The number of nitrogens with zero attached hydrogens (tertiary/aromatic N) is 1. The standard InChI is InChI=1S/C60H37NO/c1-2-14-40-36-59-57(33-39(40)13-1)54-30-29-44(37-60(54)62-59)61(43-27-25-38(26-28-43)55-34-41-15-3-5-17-45(41)47-19-7-9-22-50(47)55)58-32-31-52(49-21-11-12-24-53(49)58)56-35-42-16-4-6-18-46(42)48-20-8-10-23-51(48)56/h1-37H. The maximum absolute atomic E-state index is 6.69. The molecule has 62 heavy (non-hydrogen) atoms. The summed E-state index contributed by atoms with van der Waals surface area (Å²) in [5.41, 5.74) is 9.80. The molecule has 0 fully saturated rings. The van der Waals surface area contributed by atoms with Gasteiger partial charge in [0.2, 0.25) is 0 Å². The van der Waals surface area contributed by atoms with Crippen molar-refractivity contribution in [2.75, 3.05) is 4.90 Å². The van der Waals surface area contributed by atoms with Crippen LogP contribution in [0.25, 0.3) is 109 Å². The van der Waals surface area contributed by atoms with E-state index in [0.29, 0.717) is 0 Å². The smallest absolute Gasteiger partial charge is 0.137 e. The van der Waals surface area contributed by atoms with Gasteiger partial charge < -0.3 is 9.32 Å². The van der Waals surface area contributed by atoms with E-state index in [9.17, 15) is 0 Å². The first-order valence-corrected chi connectivity index (χ1v) is 21.3. The van der Waals surface area contributed by atoms with Crippen molar-refractivity contribution in [1.82, 2.24) is 0 Å². The average molecular weight is 788 g/mol. The van der Waals surface area contributed by atoms with Gasteiger partial charge in [-0.1, -0.05) is 164 Å². The lowest BCUT2D eigenvalue weighted by Gasteiger charge is -2.28. The van der Waals surface area contributed by atoms with Crippen LogP contribution >= 0.6 is 0 Å². The molecule has 0 N–H and O–H groups in total. The highest BCUT2D eigenvalue weighted by atomic mass is 16.3. The van der Waals surface area contributed by atoms with Crippen LogP contribution in [-0.4, -0.2) is 0 Å². The van der Waals surface area contributed by atoms with E-state index in [1.54, 1.807) is 0 Å². The van der Waals surface area contributed by atoms with Gasteiger partial charge in [0, 0.05) is 33.6 Å². The van der Waals surface area contributed by atoms with E-state index >= 15 is 0 Å². The van der Waals surface area contributed by atoms with Crippen molar-refractivity contribution < 1.29 is 4.42 Å². The predicted molar refractivity (Wildman–Crippen MR) is 264 cm³/mol. The Morgan fingerprint density at radius 3 is 1.40 bits per heavy atom. The van der Waals surface area contributed by atoms with Gasteiger partial charge in [0.25, 0.3) is 0 Å². The molecule has 0 aliphatic rings. The number of hydrogen-bond donors (Lipinski definition) is 0. The quantitative estimate of drug-likeness (QED) is 0.162. The minimum absolute atomic E-state index is 0.862. The zero-order valence-electron chi connectivity index (χ0n) is 33.7. The first kappa shape index (κ1) is 34.6. The Kier molecular flexibility index (Phi) is 7.64. The molecule has 0 spiro atoms. The predicted octanol–water partition coefficient (Wildman–Crippen LogP) is 17.3. The van der Waals surface area contributed by atoms with Gasteiger partial charge in [-0.25, -0.2) is 0 Å². The third-order valence-electron chi connectivity index (χ3n) is 13.0. The highest BCUT2D eigenvalue weighted by molar-refractivity contribution is 6.18. The zero-order valence-corrected chi connectivity index (χ0v) is 33.7. The lowest BCUT2D eigenvalue weighted by atomic mass is 9.90. The molecule has 0 amide bonds. The van der Waals surface area contributed by atoms with Gasteiger partial charge in [-0.05, 0) is 136 Å². The van der Waals surface area contributed by atoms with E-state index in [1.807, 2.05) is 0 Å². The van der Waals surface area contributed by atoms with Crippen molar-refractivity contribution in [3.8, 4) is 22.3 Å². The number of benzene rings is 12. The van der Waals surface area contributed by atoms with Crippen LogP contribution in [-0.2, 0) is 0 Å². The molecule has 0 aliphatic heterocycles. The monoisotopic (exact) mass is 787 g/mol. The number of rotatable bonds is 5. The van der Waals surface area contributed by atoms with Crippen LogP contribution in [0.5, 0.6) is 0 Å². The number of fused-ring (bicyclic) bond motifs is 11. The highest BCUT2D eigenvalue weighted by Crippen LogP contribution is 2.46. The molecule has 0 aliphatic carbocycles. The third kappa shape index (κ3) is 5.37. The highest BCUT2D eigenvalue weighted by Gasteiger charge is 2.21. The number of anilines is 3. The molecule has 0 radical (unpaired) electrons. The molecule has 2 heteroatoms. The van der Waals surface area contributed by atoms with Crippen molar-refractivity contribution in [2.45, 2.75) is 0 Å². The minimum atomic E-state index is 0.862. The summed E-state index contributed by atoms with van der Waals surface area (Å²) in [4.78, 5) is 2.40. The summed E-state index contributed by atoms with van der Waals surface area (Å²) in [6.45, 7) is 0. The van der Waals surface area contributed by atoms with Crippen LogP contribution in [0.3, 0.4) is 0 Å². The molecule has 288 valence electrons. The molecule has 13 rings (SSSR count). The van der Waals surface area contributed by atoms with Crippen molar-refractivity contribution >= 4 is 104 Å². The molecule has 1 aromatic heterocycles. The Labute approximate surface area is 358 Å². The summed E-state index contributed by atoms with van der Waals surface area (Å²) in [5.74, 6) is 0. The fraction of sp³-hybridized carbons (Fsp3) is 0. The largest absolute Gasteiger partial charge is 0.456 e. The van der Waals surface area contributed by atoms with E-state index in [4.69, 9.17) is 4.42 Å². The van der Waals surface area contributed by atoms with Gasteiger partial charge in [-0.15, -0.1) is 0 Å². The van der Waals surface area contributed by atoms with Gasteiger partial charge in [0.15, 0.2) is 0 Å². The second kappa shape index (κ2) is 13.7. The SMILES string of the molecule is c1ccc2cc3c(cc2c1)oc1cc(N(c2ccc(-c4cc5ccccc5c5ccccc45)cc2)c2ccc(-c4cc5ccccc5c5ccccc45)c4ccccc24)ccc13. The summed E-state index contributed by atoms with van der Waals surface area (Å²) < 4.78 is 6.69. The van der Waals surface area contributed by atoms with E-state index in [1.165, 1.54) is 86.9 Å². The molecular formula is C60H37NO. The lowest BCUT2D eigenvalue weighted by molar-refractivity contribution is 0.669. The maximum atomic E-state index is 6.69. The first-order valence-electron chi connectivity index (χ1n) is 21.3. The average Bonchev–Trinajstić information content (AvgIpc) is 3.69. The first-order chi connectivity index (χ1) is 30.7. The van der Waals surface area contributed by atoms with Crippen molar-refractivity contribution in [3.05, 3.63) is 224 Å². The Bertz CT molecular complexity index is 3930. The van der Waals surface area contributed by atoms with Crippen LogP contribution in [0.2, 0.25) is 0 Å². The van der Waals surface area contributed by atoms with Gasteiger partial charge in [0.05, 0.1) is 5.69 Å². The van der Waals surface area contributed by atoms with E-state index in [2.05, 4.69) is 229 Å². The molecular weight excluding hydrogens is 751 g/mol. The van der Waals surface area contributed by atoms with Crippen LogP contribution in [0.1, 0.15) is 0 Å². The zero-order chi connectivity index (χ0) is 40.7. The van der Waals surface area contributed by atoms with E-state index in [0.717, 1.165) is 39.0 Å². The Balaban J connectivity index is 1.02. The van der Waals surface area contributed by atoms with Gasteiger partial charge in [0.1, 0.15) is 11.2 Å². The lowest BCUT2D eigenvalue weighted by Crippen LogP contribution is -2.10. The van der Waals surface area contributed by atoms with Crippen LogP contribution in [0.4, 0.5) is 17.1 Å². The molecule has 0 atom stereocenters. The molecule has 13 aromatic rings. The molecule has 0 unspecified atom stereocenters. The Hall–Kier alpha value is -8.20. The van der Waals surface area contributed by atoms with Crippen molar-refractivity contribution in [3.63, 3.8) is 0 Å². The molecule has 12 aromatic carbocycles. The van der Waals surface area contributed by atoms with Crippen LogP contribution in [0, 0.1) is 0 Å². The minimum Gasteiger partial charge on any atom is -0.456 e. The summed E-state index contributed by atoms with van der Waals surface area (Å²) in [7, 11) is 0. The molecule has 0 saturated carbocycles. The van der Waals surface area contributed by atoms with Crippen LogP contribution in [0.15, 0.2) is 229 Å². The third-order valence-corrected chi connectivity index (χ3v) is 13.0. The fourth-order valence-corrected chi connectivity index (χ4v) is 10.1. The summed E-state index contributed by atoms with van der Waals surface area (Å²) in [5, 5.41) is 17.0. The van der Waals surface area contributed by atoms with Crippen LogP contribution < -0.4 is 4.90 Å². The number of furan rings is 1. The maximum Gasteiger partial charge on any atom is 0.137 e.